The van der Waals surface area contributed by atoms with Crippen LogP contribution in [0, 0.1) is 0 Å². The van der Waals surface area contributed by atoms with Gasteiger partial charge >= 0.3 is 0 Å². The first kappa shape index (κ1) is 22.0. The van der Waals surface area contributed by atoms with Gasteiger partial charge in [0.2, 0.25) is 5.76 Å². The van der Waals surface area contributed by atoms with Gasteiger partial charge in [-0.3, -0.25) is 14.5 Å². The van der Waals surface area contributed by atoms with Crippen molar-refractivity contribution in [3.8, 4) is 11.5 Å². The Kier molecular flexibility index (Phi) is 5.75. The molecule has 0 spiro atoms. The number of rotatable bonds is 6. The summed E-state index contributed by atoms with van der Waals surface area (Å²) in [5.41, 5.74) is 1.67. The molecule has 7 heteroatoms. The van der Waals surface area contributed by atoms with Crippen molar-refractivity contribution in [3.63, 3.8) is 0 Å². The number of fused-ring (bicyclic) bond motifs is 2. The predicted octanol–water partition coefficient (Wildman–Crippen LogP) is 5.99. The molecule has 6 nitrogen and oxygen atoms in total. The number of hydrogen-bond acceptors (Lipinski definition) is 5. The second-order valence-electron chi connectivity index (χ2n) is 7.80. The van der Waals surface area contributed by atoms with Gasteiger partial charge < -0.3 is 13.9 Å². The molecule has 172 valence electrons. The van der Waals surface area contributed by atoms with E-state index in [2.05, 4.69) is 0 Å². The highest BCUT2D eigenvalue weighted by atomic mass is 35.5. The van der Waals surface area contributed by atoms with Crippen LogP contribution in [-0.4, -0.2) is 19.1 Å². The van der Waals surface area contributed by atoms with Crippen LogP contribution < -0.4 is 19.8 Å². The van der Waals surface area contributed by atoms with Gasteiger partial charge in [0.05, 0.1) is 30.2 Å². The van der Waals surface area contributed by atoms with Crippen LogP contribution in [0.3, 0.4) is 0 Å². The van der Waals surface area contributed by atoms with Crippen molar-refractivity contribution < 1.29 is 18.7 Å². The van der Waals surface area contributed by atoms with Crippen LogP contribution in [0.1, 0.15) is 41.6 Å². The van der Waals surface area contributed by atoms with Crippen LogP contribution in [0.15, 0.2) is 75.9 Å². The van der Waals surface area contributed by atoms with Gasteiger partial charge in [-0.15, -0.1) is 0 Å². The molecule has 2 heterocycles. The minimum absolute atomic E-state index is 0.0283. The second kappa shape index (κ2) is 8.88. The third kappa shape index (κ3) is 3.60. The van der Waals surface area contributed by atoms with Gasteiger partial charge in [0.15, 0.2) is 16.9 Å². The standard InChI is InChI=1S/C27H22ClNO5/c1-3-32-21-13-12-16(14-22(21)33-4-2)24-23-25(30)19-10-5-6-11-20(19)34-26(23)27(31)29(24)18-9-7-8-17(28)15-18/h5-15,24H,3-4H2,1-2H3. The molecule has 0 aliphatic carbocycles. The van der Waals surface area contributed by atoms with E-state index >= 15 is 0 Å². The second-order valence-corrected chi connectivity index (χ2v) is 8.24. The Bertz CT molecular complexity index is 1460. The largest absolute Gasteiger partial charge is 0.490 e. The smallest absolute Gasteiger partial charge is 0.295 e. The van der Waals surface area contributed by atoms with E-state index < -0.39 is 11.9 Å². The lowest BCUT2D eigenvalue weighted by molar-refractivity contribution is 0.0971. The Morgan fingerprint density at radius 2 is 1.68 bits per heavy atom. The number of carbonyl (C=O) groups excluding carboxylic acids is 1. The first-order valence-corrected chi connectivity index (χ1v) is 11.5. The van der Waals surface area contributed by atoms with E-state index in [4.69, 9.17) is 25.5 Å². The Balaban J connectivity index is 1.78. The maximum absolute atomic E-state index is 13.7. The molecule has 1 aromatic heterocycles. The summed E-state index contributed by atoms with van der Waals surface area (Å²) in [5, 5.41) is 0.897. The molecule has 3 aromatic carbocycles. The Labute approximate surface area is 201 Å². The maximum atomic E-state index is 13.7. The summed E-state index contributed by atoms with van der Waals surface area (Å²) in [6, 6.07) is 18.6. The summed E-state index contributed by atoms with van der Waals surface area (Å²) in [5.74, 6) is 0.758. The predicted molar refractivity (Wildman–Crippen MR) is 131 cm³/mol. The molecule has 1 aliphatic rings. The lowest BCUT2D eigenvalue weighted by atomic mass is 9.97. The normalized spacial score (nSPS) is 15.0. The molecule has 34 heavy (non-hydrogen) atoms. The lowest BCUT2D eigenvalue weighted by Crippen LogP contribution is -2.29. The molecule has 1 aliphatic heterocycles. The molecule has 0 N–H and O–H groups in total. The van der Waals surface area contributed by atoms with Crippen LogP contribution in [-0.2, 0) is 0 Å². The molecular weight excluding hydrogens is 454 g/mol. The molecule has 0 saturated heterocycles. The topological polar surface area (TPSA) is 69.0 Å². The minimum Gasteiger partial charge on any atom is -0.490 e. The SMILES string of the molecule is CCOc1ccc(C2c3c(oc4ccccc4c3=O)C(=O)N2c2cccc(Cl)c2)cc1OCC. The Morgan fingerprint density at radius 3 is 2.44 bits per heavy atom. The average molecular weight is 476 g/mol. The number of ether oxygens (including phenoxy) is 2. The van der Waals surface area contributed by atoms with E-state index in [1.54, 1.807) is 59.5 Å². The number of anilines is 1. The van der Waals surface area contributed by atoms with Gasteiger partial charge in [-0.1, -0.05) is 35.9 Å². The first-order valence-electron chi connectivity index (χ1n) is 11.1. The van der Waals surface area contributed by atoms with Gasteiger partial charge in [-0.05, 0) is 61.9 Å². The van der Waals surface area contributed by atoms with Crippen molar-refractivity contribution >= 4 is 34.2 Å². The third-order valence-corrected chi connectivity index (χ3v) is 5.98. The molecule has 1 amide bonds. The number of halogens is 1. The zero-order valence-electron chi connectivity index (χ0n) is 18.7. The van der Waals surface area contributed by atoms with E-state index in [1.165, 1.54) is 0 Å². The van der Waals surface area contributed by atoms with Crippen LogP contribution >= 0.6 is 11.6 Å². The van der Waals surface area contributed by atoms with Gasteiger partial charge in [0, 0.05) is 10.7 Å². The molecule has 5 rings (SSSR count). The summed E-state index contributed by atoms with van der Waals surface area (Å²) in [4.78, 5) is 28.9. The fourth-order valence-corrected chi connectivity index (χ4v) is 4.55. The molecule has 0 bridgehead atoms. The summed E-state index contributed by atoms with van der Waals surface area (Å²) < 4.78 is 17.5. The summed E-state index contributed by atoms with van der Waals surface area (Å²) in [6.07, 6.45) is 0. The van der Waals surface area contributed by atoms with Crippen LogP contribution in [0.2, 0.25) is 5.02 Å². The van der Waals surface area contributed by atoms with Crippen LogP contribution in [0.5, 0.6) is 11.5 Å². The summed E-state index contributed by atoms with van der Waals surface area (Å²) in [6.45, 7) is 4.70. The highest BCUT2D eigenvalue weighted by Crippen LogP contribution is 2.43. The van der Waals surface area contributed by atoms with Crippen LogP contribution in [0.4, 0.5) is 5.69 Å². The number of benzene rings is 3. The third-order valence-electron chi connectivity index (χ3n) is 5.75. The zero-order valence-corrected chi connectivity index (χ0v) is 19.5. The van der Waals surface area contributed by atoms with Gasteiger partial charge in [-0.25, -0.2) is 0 Å². The summed E-state index contributed by atoms with van der Waals surface area (Å²) >= 11 is 6.25. The number of nitrogens with zero attached hydrogens (tertiary/aromatic N) is 1. The highest BCUT2D eigenvalue weighted by Gasteiger charge is 2.44. The highest BCUT2D eigenvalue weighted by molar-refractivity contribution is 6.31. The van der Waals surface area contributed by atoms with Crippen molar-refractivity contribution in [1.29, 1.82) is 0 Å². The first-order chi connectivity index (χ1) is 16.5. The lowest BCUT2D eigenvalue weighted by Gasteiger charge is -2.26. The maximum Gasteiger partial charge on any atom is 0.295 e. The number of amides is 1. The number of carbonyl (C=O) groups is 1. The molecule has 0 radical (unpaired) electrons. The quantitative estimate of drug-likeness (QED) is 0.342. The van der Waals surface area contributed by atoms with E-state index in [9.17, 15) is 9.59 Å². The van der Waals surface area contributed by atoms with E-state index in [0.717, 1.165) is 0 Å². The zero-order chi connectivity index (χ0) is 23.8. The van der Waals surface area contributed by atoms with Crippen molar-refractivity contribution in [1.82, 2.24) is 0 Å². The number of para-hydroxylation sites is 1. The van der Waals surface area contributed by atoms with Crippen molar-refractivity contribution in [3.05, 3.63) is 98.9 Å². The number of hydrogen-bond donors (Lipinski definition) is 0. The van der Waals surface area contributed by atoms with E-state index in [0.29, 0.717) is 52.0 Å². The molecular formula is C27H22ClNO5. The van der Waals surface area contributed by atoms with Gasteiger partial charge in [0.25, 0.3) is 5.91 Å². The Hall–Kier alpha value is -3.77. The fraction of sp³-hybridized carbons (Fsp3) is 0.185. The molecule has 1 unspecified atom stereocenters. The van der Waals surface area contributed by atoms with Gasteiger partial charge in [0.1, 0.15) is 5.58 Å². The van der Waals surface area contributed by atoms with Crippen molar-refractivity contribution in [2.24, 2.45) is 0 Å². The van der Waals surface area contributed by atoms with Gasteiger partial charge in [-0.2, -0.15) is 0 Å². The van der Waals surface area contributed by atoms with Crippen molar-refractivity contribution in [2.45, 2.75) is 19.9 Å². The molecule has 0 fully saturated rings. The van der Waals surface area contributed by atoms with Crippen molar-refractivity contribution in [2.75, 3.05) is 18.1 Å². The van der Waals surface area contributed by atoms with Crippen LogP contribution in [0.25, 0.3) is 11.0 Å². The summed E-state index contributed by atoms with van der Waals surface area (Å²) in [7, 11) is 0. The molecule has 4 aromatic rings. The van der Waals surface area contributed by atoms with E-state index in [-0.39, 0.29) is 16.8 Å². The minimum atomic E-state index is -0.725. The van der Waals surface area contributed by atoms with E-state index in [1.807, 2.05) is 26.0 Å². The average Bonchev–Trinajstić information content (AvgIpc) is 3.13. The fourth-order valence-electron chi connectivity index (χ4n) is 4.37. The molecule has 1 atom stereocenters. The molecule has 0 saturated carbocycles. The Morgan fingerprint density at radius 1 is 0.912 bits per heavy atom. The monoisotopic (exact) mass is 475 g/mol.